The molecule has 3 amide bonds. The first kappa shape index (κ1) is 30.1. The molecule has 1 aliphatic heterocycles. The number of hydrazine groups is 1. The number of hydrogen-bond donors (Lipinski definition) is 0. The molecular formula is C25H14Cl8N2O5. The van der Waals surface area contributed by atoms with Crippen LogP contribution in [0.3, 0.4) is 0 Å². The minimum absolute atomic E-state index is 0.0911. The zero-order chi connectivity index (χ0) is 29.5. The third-order valence-electron chi connectivity index (χ3n) is 7.21. The molecule has 0 radical (unpaired) electrons. The number of amides is 3. The molecule has 2 fully saturated rings. The summed E-state index contributed by atoms with van der Waals surface area (Å²) in [5, 5.41) is 0.691. The largest absolute Gasteiger partial charge is 0.497 e. The van der Waals surface area contributed by atoms with Gasteiger partial charge in [0.25, 0.3) is 17.7 Å². The van der Waals surface area contributed by atoms with Gasteiger partial charge in [-0.2, -0.15) is 5.01 Å². The Balaban J connectivity index is 1.61. The van der Waals surface area contributed by atoms with E-state index in [0.29, 0.717) is 15.8 Å². The molecule has 1 saturated heterocycles. The van der Waals surface area contributed by atoms with Crippen molar-refractivity contribution in [2.45, 2.75) is 14.1 Å². The Hall–Kier alpha value is -1.42. The molecule has 2 bridgehead atoms. The van der Waals surface area contributed by atoms with E-state index in [4.69, 9.17) is 97.5 Å². The van der Waals surface area contributed by atoms with Crippen LogP contribution >= 0.6 is 92.8 Å². The fraction of sp³-hybridized carbons (Fsp3) is 0.280. The van der Waals surface area contributed by atoms with Crippen molar-refractivity contribution >= 4 is 116 Å². The van der Waals surface area contributed by atoms with Crippen LogP contribution in [0.4, 0.5) is 0 Å². The number of carbonyl (C=O) groups excluding carboxylic acids is 4. The van der Waals surface area contributed by atoms with Crippen molar-refractivity contribution in [3.8, 4) is 5.75 Å². The predicted octanol–water partition coefficient (Wildman–Crippen LogP) is 6.69. The molecule has 1 heterocycles. The van der Waals surface area contributed by atoms with Crippen molar-refractivity contribution in [2.75, 3.05) is 13.7 Å². The van der Waals surface area contributed by atoms with Crippen LogP contribution in [-0.4, -0.2) is 61.3 Å². The van der Waals surface area contributed by atoms with E-state index in [2.05, 4.69) is 0 Å². The Morgan fingerprint density at radius 3 is 2.00 bits per heavy atom. The number of ether oxygens (including phenoxy) is 1. The van der Waals surface area contributed by atoms with Crippen molar-refractivity contribution in [2.24, 2.45) is 11.8 Å². The molecule has 40 heavy (non-hydrogen) atoms. The Labute approximate surface area is 267 Å². The number of alkyl halides is 4. The third kappa shape index (κ3) is 3.86. The number of rotatable bonds is 6. The normalized spacial score (nSPS) is 28.3. The van der Waals surface area contributed by atoms with E-state index in [-0.39, 0.29) is 31.2 Å². The molecule has 5 rings (SSSR count). The van der Waals surface area contributed by atoms with Gasteiger partial charge >= 0.3 is 0 Å². The lowest BCUT2D eigenvalue weighted by atomic mass is 9.84. The molecule has 0 aromatic heterocycles. The Kier molecular flexibility index (Phi) is 7.58. The second-order valence-electron chi connectivity index (χ2n) is 9.21. The zero-order valence-electron chi connectivity index (χ0n) is 19.9. The molecule has 1 saturated carbocycles. The van der Waals surface area contributed by atoms with Crippen LogP contribution in [0, 0.1) is 11.8 Å². The topological polar surface area (TPSA) is 84.0 Å². The van der Waals surface area contributed by atoms with Crippen LogP contribution < -0.4 is 4.74 Å². The summed E-state index contributed by atoms with van der Waals surface area (Å²) in [6, 6.07) is 10.0. The predicted molar refractivity (Wildman–Crippen MR) is 154 cm³/mol. The summed E-state index contributed by atoms with van der Waals surface area (Å²) >= 11 is 51.7. The number of ketones is 1. The van der Waals surface area contributed by atoms with Gasteiger partial charge in [0.15, 0.2) is 10.1 Å². The number of halogens is 8. The lowest BCUT2D eigenvalue weighted by Gasteiger charge is -2.36. The smallest absolute Gasteiger partial charge is 0.274 e. The van der Waals surface area contributed by atoms with Crippen molar-refractivity contribution in [1.82, 2.24) is 10.0 Å². The summed E-state index contributed by atoms with van der Waals surface area (Å²) in [5.41, 5.74) is -0.0147. The number of Topliss-reactive ketones (excluding diaryl/α,β-unsaturated/α-hetero) is 1. The molecule has 3 aliphatic rings. The van der Waals surface area contributed by atoms with E-state index < -0.39 is 56.0 Å². The molecule has 2 aliphatic carbocycles. The van der Waals surface area contributed by atoms with Gasteiger partial charge in [-0.15, -0.1) is 23.2 Å². The summed E-state index contributed by atoms with van der Waals surface area (Å²) in [5.74, 6) is -6.31. The first-order valence-electron chi connectivity index (χ1n) is 11.3. The van der Waals surface area contributed by atoms with Gasteiger partial charge in [-0.25, -0.2) is 5.01 Å². The molecule has 2 aromatic carbocycles. The van der Waals surface area contributed by atoms with Crippen LogP contribution in [0.1, 0.15) is 20.7 Å². The van der Waals surface area contributed by atoms with Gasteiger partial charge in [0.2, 0.25) is 0 Å². The van der Waals surface area contributed by atoms with E-state index >= 15 is 0 Å². The van der Waals surface area contributed by atoms with Gasteiger partial charge in [0, 0.05) is 10.6 Å². The van der Waals surface area contributed by atoms with Gasteiger partial charge in [0.05, 0.1) is 39.6 Å². The minimum Gasteiger partial charge on any atom is -0.497 e. The van der Waals surface area contributed by atoms with Crippen LogP contribution in [0.5, 0.6) is 5.75 Å². The molecule has 7 nitrogen and oxygen atoms in total. The van der Waals surface area contributed by atoms with Crippen LogP contribution in [0.25, 0.3) is 0 Å². The van der Waals surface area contributed by atoms with Gasteiger partial charge in [-0.3, -0.25) is 19.2 Å². The summed E-state index contributed by atoms with van der Waals surface area (Å²) in [6.07, 6.45) is 0. The number of methoxy groups -OCH3 is 1. The zero-order valence-corrected chi connectivity index (χ0v) is 25.9. The number of imide groups is 1. The van der Waals surface area contributed by atoms with Gasteiger partial charge in [0.1, 0.15) is 22.0 Å². The second-order valence-corrected chi connectivity index (χ2v) is 13.3. The van der Waals surface area contributed by atoms with E-state index in [1.54, 1.807) is 12.1 Å². The van der Waals surface area contributed by atoms with Gasteiger partial charge < -0.3 is 4.74 Å². The number of benzene rings is 2. The van der Waals surface area contributed by atoms with Gasteiger partial charge in [-0.1, -0.05) is 81.7 Å². The SMILES string of the molecule is COc1cccc(C(=O)CN(C(=O)c2ccc(Cl)cc2Cl)N2C(=O)[C@H]3[C@H](C2=O)[C@@]2(Cl)C(Cl)=C(Cl)[C@@]3(Cl)C2(Cl)Cl)c1. The summed E-state index contributed by atoms with van der Waals surface area (Å²) in [6.45, 7) is -0.770. The highest BCUT2D eigenvalue weighted by atomic mass is 35.5. The molecular weight excluding hydrogens is 692 g/mol. The van der Waals surface area contributed by atoms with Gasteiger partial charge in [-0.05, 0) is 30.3 Å². The highest BCUT2D eigenvalue weighted by Gasteiger charge is 2.88. The lowest BCUT2D eigenvalue weighted by molar-refractivity contribution is -0.154. The molecule has 4 atom stereocenters. The third-order valence-corrected chi connectivity index (χ3v) is 12.0. The minimum atomic E-state index is -2.17. The van der Waals surface area contributed by atoms with E-state index in [1.165, 1.54) is 37.4 Å². The summed E-state index contributed by atoms with van der Waals surface area (Å²) < 4.78 is 2.99. The molecule has 0 spiro atoms. The lowest BCUT2D eigenvalue weighted by Crippen LogP contribution is -2.56. The first-order valence-corrected chi connectivity index (χ1v) is 14.3. The number of allylic oxidation sites excluding steroid dienone is 2. The molecule has 0 N–H and O–H groups in total. The van der Waals surface area contributed by atoms with Crippen molar-refractivity contribution in [1.29, 1.82) is 0 Å². The van der Waals surface area contributed by atoms with Crippen LogP contribution in [-0.2, 0) is 9.59 Å². The number of nitrogens with zero attached hydrogens (tertiary/aromatic N) is 2. The standard InChI is InChI=1S/C25H14Cl8N2O5/c1-40-12-4-2-3-10(7-12)15(36)9-34(20(37)13-6-5-11(26)8-14(13)27)35-21(38)16-17(22(35)39)24(31)19(29)18(28)23(16,30)25(24,32)33/h2-8,16-17H,9H2,1H3/t16-,17-,23-,24-/m1/s1. The number of carbonyl (C=O) groups is 4. The van der Waals surface area contributed by atoms with Crippen molar-refractivity contribution in [3.05, 3.63) is 73.7 Å². The highest BCUT2D eigenvalue weighted by Crippen LogP contribution is 2.77. The number of fused-ring (bicyclic) bond motifs is 5. The number of hydrogen-bond acceptors (Lipinski definition) is 5. The maximum atomic E-state index is 14.0. The molecule has 2 aromatic rings. The Bertz CT molecular complexity index is 1500. The van der Waals surface area contributed by atoms with E-state index in [1.807, 2.05) is 0 Å². The quantitative estimate of drug-likeness (QED) is 0.190. The monoisotopic (exact) mass is 702 g/mol. The maximum Gasteiger partial charge on any atom is 0.274 e. The fourth-order valence-electron chi connectivity index (χ4n) is 5.28. The molecule has 15 heteroatoms. The van der Waals surface area contributed by atoms with Crippen LogP contribution in [0.2, 0.25) is 10.0 Å². The van der Waals surface area contributed by atoms with Crippen molar-refractivity contribution < 1.29 is 23.9 Å². The Morgan fingerprint density at radius 1 is 0.900 bits per heavy atom. The van der Waals surface area contributed by atoms with E-state index in [9.17, 15) is 19.2 Å². The summed E-state index contributed by atoms with van der Waals surface area (Å²) in [7, 11) is 1.42. The maximum absolute atomic E-state index is 14.0. The average Bonchev–Trinajstić information content (AvgIpc) is 3.30. The average molecular weight is 706 g/mol. The second kappa shape index (κ2) is 10.1. The van der Waals surface area contributed by atoms with E-state index in [0.717, 1.165) is 0 Å². The first-order chi connectivity index (χ1) is 18.6. The Morgan fingerprint density at radius 2 is 1.48 bits per heavy atom. The fourth-order valence-corrected chi connectivity index (χ4v) is 8.70. The molecule has 0 unspecified atom stereocenters. The van der Waals surface area contributed by atoms with Crippen LogP contribution in [0.15, 0.2) is 52.5 Å². The summed E-state index contributed by atoms with van der Waals surface area (Å²) in [4.78, 5) is 50.9. The molecule has 210 valence electrons. The van der Waals surface area contributed by atoms with Crippen molar-refractivity contribution in [3.63, 3.8) is 0 Å². The highest BCUT2D eigenvalue weighted by molar-refractivity contribution is 6.66.